The summed E-state index contributed by atoms with van der Waals surface area (Å²) in [5.74, 6) is -0.0432. The van der Waals surface area contributed by atoms with Crippen molar-refractivity contribution in [3.63, 3.8) is 0 Å². The number of amides is 1. The summed E-state index contributed by atoms with van der Waals surface area (Å²) in [6.07, 6.45) is 6.78. The molecule has 2 atom stereocenters. The van der Waals surface area contributed by atoms with E-state index in [2.05, 4.69) is 6.92 Å². The summed E-state index contributed by atoms with van der Waals surface area (Å²) in [7, 11) is 1.61. The molecule has 0 bridgehead atoms. The van der Waals surface area contributed by atoms with E-state index in [1.165, 1.54) is 0 Å². The van der Waals surface area contributed by atoms with Crippen LogP contribution in [0.2, 0.25) is 0 Å². The Bertz CT molecular complexity index is 410. The lowest BCUT2D eigenvalue weighted by Gasteiger charge is -2.48. The molecule has 0 N–H and O–H groups in total. The Hall–Kier alpha value is -0.800. The van der Waals surface area contributed by atoms with Crippen LogP contribution in [0.4, 0.5) is 0 Å². The minimum Gasteiger partial charge on any atom is -0.359 e. The lowest BCUT2D eigenvalue weighted by molar-refractivity contribution is -0.164. The van der Waals surface area contributed by atoms with Gasteiger partial charge in [0.15, 0.2) is 0 Å². The third-order valence-electron chi connectivity index (χ3n) is 3.70. The zero-order valence-corrected chi connectivity index (χ0v) is 13.4. The molecule has 0 spiro atoms. The maximum Gasteiger partial charge on any atom is 0.222 e. The number of ether oxygens (including phenoxy) is 1. The Kier molecular flexibility index (Phi) is 4.86. The number of allylic oxidation sites excluding steroid dienone is 2. The fourth-order valence-corrected chi connectivity index (χ4v) is 2.91. The molecule has 1 aliphatic carbocycles. The lowest BCUT2D eigenvalue weighted by Crippen LogP contribution is -2.60. The molecule has 0 radical (unpaired) electrons. The lowest BCUT2D eigenvalue weighted by atomic mass is 9.85. The van der Waals surface area contributed by atoms with Gasteiger partial charge in [-0.1, -0.05) is 25.2 Å². The summed E-state index contributed by atoms with van der Waals surface area (Å²) in [4.78, 5) is 13.2. The van der Waals surface area contributed by atoms with Gasteiger partial charge in [0, 0.05) is 14.0 Å². The number of halogens is 1. The minimum atomic E-state index is -0.702. The van der Waals surface area contributed by atoms with Crippen LogP contribution in [0, 0.1) is 0 Å². The van der Waals surface area contributed by atoms with Gasteiger partial charge in [-0.25, -0.2) is 0 Å². The Balaban J connectivity index is 3.31. The number of hydrogen-bond acceptors (Lipinski definition) is 2. The van der Waals surface area contributed by atoms with Crippen LogP contribution in [-0.2, 0) is 9.53 Å². The molecule has 0 aromatic carbocycles. The first-order chi connectivity index (χ1) is 8.67. The predicted octanol–water partition coefficient (Wildman–Crippen LogP) is 3.49. The molecule has 1 amide bonds. The van der Waals surface area contributed by atoms with Gasteiger partial charge in [-0.3, -0.25) is 4.79 Å². The van der Waals surface area contributed by atoms with E-state index in [1.54, 1.807) is 18.9 Å². The average molecular weight is 286 g/mol. The van der Waals surface area contributed by atoms with Gasteiger partial charge in [-0.2, -0.15) is 0 Å². The van der Waals surface area contributed by atoms with E-state index in [-0.39, 0.29) is 11.9 Å². The fourth-order valence-electron chi connectivity index (χ4n) is 2.60. The monoisotopic (exact) mass is 285 g/mol. The second-order valence-corrected chi connectivity index (χ2v) is 6.36. The van der Waals surface area contributed by atoms with Gasteiger partial charge >= 0.3 is 0 Å². The maximum absolute atomic E-state index is 12.1. The smallest absolute Gasteiger partial charge is 0.222 e. The summed E-state index contributed by atoms with van der Waals surface area (Å²) >= 11 is 6.64. The number of hydrogen-bond donors (Lipinski definition) is 0. The van der Waals surface area contributed by atoms with Crippen LogP contribution in [0.15, 0.2) is 23.8 Å². The van der Waals surface area contributed by atoms with Crippen molar-refractivity contribution >= 4 is 17.5 Å². The van der Waals surface area contributed by atoms with Gasteiger partial charge < -0.3 is 9.64 Å². The second kappa shape index (κ2) is 5.68. The van der Waals surface area contributed by atoms with Crippen LogP contribution in [0.3, 0.4) is 0 Å². The highest BCUT2D eigenvalue weighted by Gasteiger charge is 2.45. The third kappa shape index (κ3) is 3.21. The first-order valence-electron chi connectivity index (χ1n) is 6.59. The van der Waals surface area contributed by atoms with Gasteiger partial charge in [0.2, 0.25) is 5.91 Å². The van der Waals surface area contributed by atoms with Crippen LogP contribution in [0.5, 0.6) is 0 Å². The quantitative estimate of drug-likeness (QED) is 0.584. The van der Waals surface area contributed by atoms with Gasteiger partial charge in [0.05, 0.1) is 10.9 Å². The molecule has 3 nitrogen and oxygen atoms in total. The summed E-state index contributed by atoms with van der Waals surface area (Å²) < 4.78 is 5.50. The summed E-state index contributed by atoms with van der Waals surface area (Å²) in [5.41, 5.74) is 0.437. The van der Waals surface area contributed by atoms with Crippen LogP contribution >= 0.6 is 11.6 Å². The average Bonchev–Trinajstić information content (AvgIpc) is 2.30. The van der Waals surface area contributed by atoms with Crippen LogP contribution in [0.25, 0.3) is 0 Å². The van der Waals surface area contributed by atoms with Crippen molar-refractivity contribution in [1.29, 1.82) is 0 Å². The van der Waals surface area contributed by atoms with Crippen molar-refractivity contribution in [2.45, 2.75) is 57.7 Å². The van der Waals surface area contributed by atoms with Crippen molar-refractivity contribution in [3.05, 3.63) is 23.8 Å². The van der Waals surface area contributed by atoms with E-state index in [1.807, 2.05) is 39.0 Å². The Morgan fingerprint density at radius 3 is 2.58 bits per heavy atom. The molecule has 0 saturated carbocycles. The molecule has 19 heavy (non-hydrogen) atoms. The van der Waals surface area contributed by atoms with Gasteiger partial charge in [-0.05, 0) is 32.8 Å². The number of carbonyl (C=O) groups is 1. The number of methoxy groups -OCH3 is 1. The zero-order chi connectivity index (χ0) is 14.8. The van der Waals surface area contributed by atoms with Crippen molar-refractivity contribution in [1.82, 2.24) is 4.90 Å². The number of rotatable bonds is 4. The molecular weight excluding hydrogens is 262 g/mol. The zero-order valence-electron chi connectivity index (χ0n) is 12.7. The number of carbonyl (C=O) groups excluding carboxylic acids is 1. The normalized spacial score (nSPS) is 27.1. The molecule has 0 saturated heterocycles. The molecule has 4 heteroatoms. The van der Waals surface area contributed by atoms with E-state index in [0.29, 0.717) is 0 Å². The molecule has 0 fully saturated rings. The van der Waals surface area contributed by atoms with Crippen LogP contribution in [0.1, 0.15) is 41.0 Å². The topological polar surface area (TPSA) is 29.5 Å². The van der Waals surface area contributed by atoms with E-state index in [9.17, 15) is 4.79 Å². The van der Waals surface area contributed by atoms with Crippen molar-refractivity contribution < 1.29 is 9.53 Å². The summed E-state index contributed by atoms with van der Waals surface area (Å²) in [5, 5.41) is 0. The first kappa shape index (κ1) is 16.3. The molecule has 0 aromatic heterocycles. The van der Waals surface area contributed by atoms with Gasteiger partial charge in [-0.15, -0.1) is 11.6 Å². The third-order valence-corrected chi connectivity index (χ3v) is 4.04. The molecular formula is C15H24ClNO2. The number of alkyl halides is 1. The van der Waals surface area contributed by atoms with Crippen molar-refractivity contribution in [3.8, 4) is 0 Å². The van der Waals surface area contributed by atoms with E-state index in [0.717, 1.165) is 12.0 Å². The van der Waals surface area contributed by atoms with Gasteiger partial charge in [0.1, 0.15) is 5.72 Å². The second-order valence-electron chi connectivity index (χ2n) is 5.55. The standard InChI is InChI=1S/C15H24ClNO2/c1-7-12-9-8-10-15(5,16)13(12)17(11(2)18)14(3,4)19-6/h8-10,13H,7H2,1-6H3. The Morgan fingerprint density at radius 2 is 2.16 bits per heavy atom. The van der Waals surface area contributed by atoms with Crippen molar-refractivity contribution in [2.24, 2.45) is 0 Å². The molecule has 1 rings (SSSR count). The SMILES string of the molecule is CCC1=CC=CC(C)(Cl)C1N(C(C)=O)C(C)(C)OC. The predicted molar refractivity (Wildman–Crippen MR) is 79.2 cm³/mol. The highest BCUT2D eigenvalue weighted by molar-refractivity contribution is 6.26. The first-order valence-corrected chi connectivity index (χ1v) is 6.97. The molecule has 0 aliphatic heterocycles. The Morgan fingerprint density at radius 1 is 1.58 bits per heavy atom. The maximum atomic E-state index is 12.1. The highest BCUT2D eigenvalue weighted by Crippen LogP contribution is 2.38. The van der Waals surface area contributed by atoms with Crippen molar-refractivity contribution in [2.75, 3.05) is 7.11 Å². The van der Waals surface area contributed by atoms with E-state index >= 15 is 0 Å². The largest absolute Gasteiger partial charge is 0.359 e. The molecule has 0 heterocycles. The highest BCUT2D eigenvalue weighted by atomic mass is 35.5. The van der Waals surface area contributed by atoms with E-state index in [4.69, 9.17) is 16.3 Å². The number of nitrogens with zero attached hydrogens (tertiary/aromatic N) is 1. The van der Waals surface area contributed by atoms with Gasteiger partial charge in [0.25, 0.3) is 0 Å². The Labute approximate surface area is 121 Å². The molecule has 108 valence electrons. The summed E-state index contributed by atoms with van der Waals surface area (Å²) in [6.45, 7) is 9.32. The van der Waals surface area contributed by atoms with Crippen LogP contribution in [-0.4, -0.2) is 34.6 Å². The molecule has 1 aliphatic rings. The van der Waals surface area contributed by atoms with Crippen LogP contribution < -0.4 is 0 Å². The minimum absolute atomic E-state index is 0.0432. The summed E-state index contributed by atoms with van der Waals surface area (Å²) in [6, 6.07) is -0.198. The fraction of sp³-hybridized carbons (Fsp3) is 0.667. The molecule has 2 unspecified atom stereocenters. The molecule has 0 aromatic rings. The van der Waals surface area contributed by atoms with E-state index < -0.39 is 10.6 Å².